The van der Waals surface area contributed by atoms with Gasteiger partial charge in [0.05, 0.1) is 37.2 Å². The first kappa shape index (κ1) is 29.3. The molecule has 2 aliphatic carbocycles. The minimum atomic E-state index is -2.00. The number of carbonyl (C=O) groups excluding carboxylic acids is 4. The van der Waals surface area contributed by atoms with Crippen LogP contribution in [-0.2, 0) is 19.2 Å². The summed E-state index contributed by atoms with van der Waals surface area (Å²) in [6.45, 7) is 0. The molecule has 13 heteroatoms. The molecule has 2 saturated heterocycles. The summed E-state index contributed by atoms with van der Waals surface area (Å²) in [4.78, 5) is 53.6. The highest BCUT2D eigenvalue weighted by atomic mass is 79.9. The van der Waals surface area contributed by atoms with Gasteiger partial charge in [0.2, 0.25) is 17.6 Å². The number of halogens is 4. The molecule has 0 unspecified atom stereocenters. The van der Waals surface area contributed by atoms with E-state index in [1.807, 2.05) is 6.08 Å². The Kier molecular flexibility index (Phi) is 7.08. The maximum atomic E-state index is 14.0. The number of rotatable bonds is 5. The minimum absolute atomic E-state index is 0.0522. The van der Waals surface area contributed by atoms with Crippen LogP contribution in [0.1, 0.15) is 24.3 Å². The molecule has 6 rings (SSSR count). The number of benzene rings is 2. The van der Waals surface area contributed by atoms with Crippen LogP contribution in [0, 0.1) is 17.8 Å². The van der Waals surface area contributed by atoms with Gasteiger partial charge in [0.15, 0.2) is 21.2 Å². The third-order valence-electron chi connectivity index (χ3n) is 8.94. The van der Waals surface area contributed by atoms with Gasteiger partial charge in [0, 0.05) is 10.9 Å². The summed E-state index contributed by atoms with van der Waals surface area (Å²) in [5.74, 6) is -5.64. The molecule has 2 aromatic carbocycles. The molecule has 42 heavy (non-hydrogen) atoms. The highest BCUT2D eigenvalue weighted by Gasteiger charge is 2.76. The van der Waals surface area contributed by atoms with Gasteiger partial charge in [0.25, 0.3) is 11.8 Å². The predicted octanol–water partition coefficient (Wildman–Crippen LogP) is 4.98. The van der Waals surface area contributed by atoms with Crippen molar-refractivity contribution in [3.63, 3.8) is 0 Å². The van der Waals surface area contributed by atoms with Crippen molar-refractivity contribution in [3.8, 4) is 17.2 Å². The number of hydrogen-bond donors (Lipinski definition) is 1. The molecule has 1 saturated carbocycles. The fourth-order valence-corrected chi connectivity index (χ4v) is 8.60. The van der Waals surface area contributed by atoms with Crippen molar-refractivity contribution in [2.24, 2.45) is 17.8 Å². The highest BCUT2D eigenvalue weighted by Crippen LogP contribution is 2.66. The Labute approximate surface area is 264 Å². The second-order valence-electron chi connectivity index (χ2n) is 10.7. The number of phenols is 1. The van der Waals surface area contributed by atoms with E-state index in [1.54, 1.807) is 24.3 Å². The van der Waals surface area contributed by atoms with Crippen molar-refractivity contribution in [3.05, 3.63) is 58.6 Å². The Hall–Kier alpha value is -2.79. The average molecular weight is 699 g/mol. The summed E-state index contributed by atoms with van der Waals surface area (Å²) in [6.07, 6.45) is 1.89. The van der Waals surface area contributed by atoms with Gasteiger partial charge in [-0.1, -0.05) is 39.2 Å². The molecule has 0 radical (unpaired) electrons. The van der Waals surface area contributed by atoms with E-state index in [0.717, 1.165) is 9.80 Å². The van der Waals surface area contributed by atoms with E-state index in [0.29, 0.717) is 21.8 Å². The number of imide groups is 2. The molecular formula is C29H24BrCl3N2O7. The molecule has 3 fully saturated rings. The molecular weight excluding hydrogens is 675 g/mol. The summed E-state index contributed by atoms with van der Waals surface area (Å²) < 4.78 is 10.8. The van der Waals surface area contributed by atoms with Gasteiger partial charge in [-0.05, 0) is 60.7 Å². The number of phenolic OH excluding ortho intramolecular Hbond substituents is 1. The summed E-state index contributed by atoms with van der Waals surface area (Å²) >= 11 is 23.7. The van der Waals surface area contributed by atoms with Crippen molar-refractivity contribution in [2.75, 3.05) is 24.6 Å². The molecule has 6 atom stereocenters. The van der Waals surface area contributed by atoms with Gasteiger partial charge in [-0.2, -0.15) is 0 Å². The smallest absolute Gasteiger partial charge is 0.254 e. The van der Waals surface area contributed by atoms with Gasteiger partial charge >= 0.3 is 0 Å². The molecule has 220 valence electrons. The standard InChI is InChI=1S/C29H24BrCl3N2O7/c1-41-19-9-13(10-20(42-2)23(19)36)22-16-7-8-17-21(25(38)35(24(17)37)15-5-3-14(31)4-6-15)18(16)11-28(32)26(39)34(12-30)27(40)29(22,28)33/h3-7,9-10,17-18,21-22,36H,8,11-12H2,1-2H3/t17-,18+,21-,22-,28+,29-/m0/s1. The lowest BCUT2D eigenvalue weighted by Gasteiger charge is -2.50. The molecule has 4 amide bonds. The molecule has 0 bridgehead atoms. The zero-order valence-electron chi connectivity index (χ0n) is 22.3. The van der Waals surface area contributed by atoms with Crippen molar-refractivity contribution < 1.29 is 33.8 Å². The van der Waals surface area contributed by atoms with E-state index >= 15 is 0 Å². The first-order valence-corrected chi connectivity index (χ1v) is 15.3. The number of aromatic hydroxyl groups is 1. The molecule has 0 spiro atoms. The normalized spacial score (nSPS) is 32.0. The third kappa shape index (κ3) is 3.74. The van der Waals surface area contributed by atoms with Crippen molar-refractivity contribution in [1.29, 1.82) is 0 Å². The summed E-state index contributed by atoms with van der Waals surface area (Å²) in [7, 11) is 2.72. The zero-order valence-corrected chi connectivity index (χ0v) is 26.1. The number of fused-ring (bicyclic) bond motifs is 4. The van der Waals surface area contributed by atoms with Crippen molar-refractivity contribution >= 4 is 80.0 Å². The van der Waals surface area contributed by atoms with Crippen LogP contribution >= 0.6 is 50.7 Å². The number of anilines is 1. The maximum Gasteiger partial charge on any atom is 0.254 e. The maximum absolute atomic E-state index is 14.0. The Bertz CT molecular complexity index is 1560. The number of amides is 4. The quantitative estimate of drug-likeness (QED) is 0.203. The van der Waals surface area contributed by atoms with Crippen LogP contribution in [0.15, 0.2) is 48.0 Å². The van der Waals surface area contributed by atoms with Gasteiger partial charge in [-0.3, -0.25) is 29.0 Å². The van der Waals surface area contributed by atoms with E-state index in [-0.39, 0.29) is 41.5 Å². The van der Waals surface area contributed by atoms with Crippen LogP contribution in [0.4, 0.5) is 5.69 Å². The van der Waals surface area contributed by atoms with Gasteiger partial charge < -0.3 is 14.6 Å². The third-order valence-corrected chi connectivity index (χ3v) is 11.1. The first-order chi connectivity index (χ1) is 19.9. The van der Waals surface area contributed by atoms with E-state index in [2.05, 4.69) is 15.9 Å². The number of carbonyl (C=O) groups is 4. The lowest BCUT2D eigenvalue weighted by molar-refractivity contribution is -0.138. The highest BCUT2D eigenvalue weighted by molar-refractivity contribution is 9.09. The fraction of sp³-hybridized carbons (Fsp3) is 0.379. The Morgan fingerprint density at radius 2 is 1.60 bits per heavy atom. The molecule has 4 aliphatic rings. The second-order valence-corrected chi connectivity index (χ2v) is 12.9. The molecule has 2 aliphatic heterocycles. The number of hydrogen-bond acceptors (Lipinski definition) is 7. The Morgan fingerprint density at radius 1 is 0.976 bits per heavy atom. The van der Waals surface area contributed by atoms with E-state index < -0.39 is 51.1 Å². The van der Waals surface area contributed by atoms with Crippen LogP contribution in [0.2, 0.25) is 5.02 Å². The predicted molar refractivity (Wildman–Crippen MR) is 158 cm³/mol. The molecule has 9 nitrogen and oxygen atoms in total. The average Bonchev–Trinajstić information content (AvgIpc) is 3.31. The lowest BCUT2D eigenvalue weighted by Crippen LogP contribution is -2.60. The van der Waals surface area contributed by atoms with Crippen molar-refractivity contribution in [1.82, 2.24) is 4.90 Å². The number of methoxy groups -OCH3 is 2. The van der Waals surface area contributed by atoms with E-state index in [9.17, 15) is 24.3 Å². The largest absolute Gasteiger partial charge is 0.502 e. The van der Waals surface area contributed by atoms with Crippen LogP contribution in [0.25, 0.3) is 0 Å². The van der Waals surface area contributed by atoms with Gasteiger partial charge in [-0.15, -0.1) is 23.2 Å². The van der Waals surface area contributed by atoms with E-state index in [1.165, 1.54) is 26.4 Å². The molecule has 2 aromatic rings. The fourth-order valence-electron chi connectivity index (χ4n) is 7.05. The summed E-state index contributed by atoms with van der Waals surface area (Å²) in [5, 5.41) is 11.1. The van der Waals surface area contributed by atoms with Gasteiger partial charge in [0.1, 0.15) is 0 Å². The van der Waals surface area contributed by atoms with E-state index in [4.69, 9.17) is 44.3 Å². The van der Waals surface area contributed by atoms with Crippen LogP contribution in [0.5, 0.6) is 17.2 Å². The van der Waals surface area contributed by atoms with Crippen LogP contribution in [-0.4, -0.2) is 63.1 Å². The summed E-state index contributed by atoms with van der Waals surface area (Å²) in [6, 6.07) is 9.41. The number of nitrogens with zero attached hydrogens (tertiary/aromatic N) is 2. The first-order valence-electron chi connectivity index (χ1n) is 13.0. The second kappa shape index (κ2) is 10.1. The topological polar surface area (TPSA) is 113 Å². The monoisotopic (exact) mass is 696 g/mol. The SMILES string of the molecule is COc1cc([C@H]2C3=CC[C@@H]4C(=O)N(c5ccc(Cl)cc5)C(=O)[C@@H]4[C@@H]3C[C@@]3(Cl)C(=O)N(CBr)C(=O)[C@@]23Cl)cc(OC)c1O. The summed E-state index contributed by atoms with van der Waals surface area (Å²) in [5.41, 5.74) is 1.24. The van der Waals surface area contributed by atoms with Crippen LogP contribution in [0.3, 0.4) is 0 Å². The van der Waals surface area contributed by atoms with Crippen LogP contribution < -0.4 is 14.4 Å². The van der Waals surface area contributed by atoms with Gasteiger partial charge in [-0.25, -0.2) is 0 Å². The number of allylic oxidation sites excluding steroid dienone is 2. The number of likely N-dealkylation sites (tertiary alicyclic amines) is 1. The number of alkyl halides is 3. The Balaban J connectivity index is 1.55. The zero-order chi connectivity index (χ0) is 30.3. The molecule has 0 aromatic heterocycles. The molecule has 1 N–H and O–H groups in total. The minimum Gasteiger partial charge on any atom is -0.502 e. The lowest BCUT2D eigenvalue weighted by atomic mass is 9.56. The number of ether oxygens (including phenoxy) is 2. The van der Waals surface area contributed by atoms with Crippen molar-refractivity contribution in [2.45, 2.75) is 28.5 Å². The molecule has 2 heterocycles. The Morgan fingerprint density at radius 3 is 2.17 bits per heavy atom.